The van der Waals surface area contributed by atoms with Crippen molar-refractivity contribution in [2.45, 2.75) is 25.1 Å². The number of amides is 1. The Labute approximate surface area is 199 Å². The van der Waals surface area contributed by atoms with Crippen LogP contribution < -0.4 is 15.0 Å². The Morgan fingerprint density at radius 1 is 1.26 bits per heavy atom. The molecule has 2 aliphatic rings. The predicted molar refractivity (Wildman–Crippen MR) is 122 cm³/mol. The molecule has 0 saturated carbocycles. The van der Waals surface area contributed by atoms with Gasteiger partial charge in [-0.1, -0.05) is 0 Å². The number of fused-ring (bicyclic) bond motifs is 2. The number of carbonyl (C=O) groups excluding carboxylic acids is 1. The summed E-state index contributed by atoms with van der Waals surface area (Å²) in [6.45, 7) is 1.84. The number of nitrogens with zero attached hydrogens (tertiary/aromatic N) is 5. The second-order valence-corrected chi connectivity index (χ2v) is 9.14. The van der Waals surface area contributed by atoms with E-state index in [0.29, 0.717) is 47.8 Å². The highest BCUT2D eigenvalue weighted by atomic mass is 19.4. The number of alkyl halides is 3. The molecule has 1 amide bonds. The van der Waals surface area contributed by atoms with Gasteiger partial charge in [0.05, 0.1) is 30.7 Å². The average Bonchev–Trinajstić information content (AvgIpc) is 3.39. The summed E-state index contributed by atoms with van der Waals surface area (Å²) in [6, 6.07) is 5.31. The normalized spacial score (nSPS) is 20.7. The first kappa shape index (κ1) is 23.4. The van der Waals surface area contributed by atoms with Crippen molar-refractivity contribution in [3.05, 3.63) is 47.9 Å². The lowest BCUT2D eigenvalue weighted by Crippen LogP contribution is -2.49. The zero-order valence-electron chi connectivity index (χ0n) is 19.0. The SMILES string of the molecule is C[C@@]1(CO)Cc2cc(NC(=O)c3cnn4cccnc34)c(N3CCN(CC(F)(F)F)CC3)cc2O1. The molecule has 1 atom stereocenters. The first-order valence-electron chi connectivity index (χ1n) is 11.2. The van der Waals surface area contributed by atoms with Crippen molar-refractivity contribution in [3.63, 3.8) is 0 Å². The summed E-state index contributed by atoms with van der Waals surface area (Å²) in [5.41, 5.74) is 1.91. The average molecular weight is 490 g/mol. The number of piperazine rings is 1. The van der Waals surface area contributed by atoms with Crippen molar-refractivity contribution in [1.82, 2.24) is 19.5 Å². The van der Waals surface area contributed by atoms with Crippen LogP contribution in [0.4, 0.5) is 24.5 Å². The summed E-state index contributed by atoms with van der Waals surface area (Å²) in [5.74, 6) is 0.185. The van der Waals surface area contributed by atoms with E-state index in [2.05, 4.69) is 15.4 Å². The Morgan fingerprint density at radius 3 is 2.74 bits per heavy atom. The maximum Gasteiger partial charge on any atom is 0.401 e. The van der Waals surface area contributed by atoms with Gasteiger partial charge in [0, 0.05) is 56.6 Å². The monoisotopic (exact) mass is 490 g/mol. The number of benzene rings is 1. The first-order valence-corrected chi connectivity index (χ1v) is 11.2. The molecular weight excluding hydrogens is 465 g/mol. The van der Waals surface area contributed by atoms with Crippen LogP contribution in [-0.4, -0.2) is 81.6 Å². The molecule has 0 aliphatic carbocycles. The van der Waals surface area contributed by atoms with Crippen molar-refractivity contribution >= 4 is 22.9 Å². The lowest BCUT2D eigenvalue weighted by atomic mass is 9.99. The molecule has 12 heteroatoms. The third-order valence-electron chi connectivity index (χ3n) is 6.32. The standard InChI is InChI=1S/C23H25F3N6O3/c1-22(14-33)11-15-9-17(29-21(34)16-12-28-32-4-2-3-27-20(16)32)18(10-19(15)35-22)31-7-5-30(6-8-31)13-23(24,25)26/h2-4,9-10,12,33H,5-8,11,13-14H2,1H3,(H,29,34)/t22-/m0/s1. The summed E-state index contributed by atoms with van der Waals surface area (Å²) in [6.07, 6.45) is 0.904. The molecule has 4 heterocycles. The number of hydrogen-bond donors (Lipinski definition) is 2. The third kappa shape index (κ3) is 4.76. The van der Waals surface area contributed by atoms with E-state index in [1.165, 1.54) is 15.6 Å². The van der Waals surface area contributed by atoms with E-state index < -0.39 is 24.2 Å². The van der Waals surface area contributed by atoms with Crippen molar-refractivity contribution in [2.24, 2.45) is 0 Å². The Kier molecular flexibility index (Phi) is 5.80. The lowest BCUT2D eigenvalue weighted by molar-refractivity contribution is -0.146. The maximum absolute atomic E-state index is 13.2. The molecule has 35 heavy (non-hydrogen) atoms. The summed E-state index contributed by atoms with van der Waals surface area (Å²) < 4.78 is 45.9. The molecule has 0 spiro atoms. The Bertz CT molecular complexity index is 1260. The largest absolute Gasteiger partial charge is 0.484 e. The van der Waals surface area contributed by atoms with Gasteiger partial charge in [0.25, 0.3) is 5.91 Å². The number of aliphatic hydroxyl groups is 1. The van der Waals surface area contributed by atoms with Crippen LogP contribution in [0.25, 0.3) is 5.65 Å². The summed E-state index contributed by atoms with van der Waals surface area (Å²) in [5, 5.41) is 16.9. The number of anilines is 2. The van der Waals surface area contributed by atoms with Gasteiger partial charge in [0.15, 0.2) is 5.65 Å². The van der Waals surface area contributed by atoms with Gasteiger partial charge in [-0.05, 0) is 19.1 Å². The highest BCUT2D eigenvalue weighted by molar-refractivity contribution is 6.09. The molecule has 1 aromatic carbocycles. The number of nitrogens with one attached hydrogen (secondary N) is 1. The fourth-order valence-electron chi connectivity index (χ4n) is 4.58. The highest BCUT2D eigenvalue weighted by Gasteiger charge is 2.37. The fourth-order valence-corrected chi connectivity index (χ4v) is 4.58. The second-order valence-electron chi connectivity index (χ2n) is 9.14. The molecule has 1 saturated heterocycles. The molecule has 0 radical (unpaired) electrons. The van der Waals surface area contributed by atoms with Gasteiger partial charge in [0.1, 0.15) is 16.9 Å². The summed E-state index contributed by atoms with van der Waals surface area (Å²) in [7, 11) is 0. The van der Waals surface area contributed by atoms with Crippen LogP contribution in [0.15, 0.2) is 36.8 Å². The van der Waals surface area contributed by atoms with Gasteiger partial charge >= 0.3 is 6.18 Å². The molecule has 0 unspecified atom stereocenters. The van der Waals surface area contributed by atoms with E-state index in [1.54, 1.807) is 31.5 Å². The summed E-state index contributed by atoms with van der Waals surface area (Å²) >= 11 is 0. The smallest absolute Gasteiger partial charge is 0.401 e. The zero-order valence-corrected chi connectivity index (χ0v) is 19.0. The molecule has 1 fully saturated rings. The van der Waals surface area contributed by atoms with E-state index in [1.807, 2.05) is 11.0 Å². The van der Waals surface area contributed by atoms with Gasteiger partial charge < -0.3 is 20.1 Å². The molecule has 9 nitrogen and oxygen atoms in total. The summed E-state index contributed by atoms with van der Waals surface area (Å²) in [4.78, 5) is 20.7. The van der Waals surface area contributed by atoms with Gasteiger partial charge in [-0.2, -0.15) is 18.3 Å². The second kappa shape index (κ2) is 8.68. The third-order valence-corrected chi connectivity index (χ3v) is 6.32. The van der Waals surface area contributed by atoms with Crippen LogP contribution in [0, 0.1) is 0 Å². The number of aromatic nitrogens is 3. The molecule has 0 bridgehead atoms. The van der Waals surface area contributed by atoms with E-state index in [0.717, 1.165) is 5.56 Å². The van der Waals surface area contributed by atoms with Crippen molar-refractivity contribution in [2.75, 3.05) is 49.5 Å². The first-order chi connectivity index (χ1) is 16.6. The van der Waals surface area contributed by atoms with E-state index in [-0.39, 0.29) is 19.7 Å². The van der Waals surface area contributed by atoms with Gasteiger partial charge in [-0.25, -0.2) is 9.50 Å². The van der Waals surface area contributed by atoms with E-state index in [9.17, 15) is 23.1 Å². The molecule has 2 N–H and O–H groups in total. The minimum absolute atomic E-state index is 0.178. The number of halogens is 3. The molecule has 5 rings (SSSR count). The molecule has 2 aromatic heterocycles. The van der Waals surface area contributed by atoms with Crippen molar-refractivity contribution in [3.8, 4) is 5.75 Å². The Morgan fingerprint density at radius 2 is 2.03 bits per heavy atom. The zero-order chi connectivity index (χ0) is 24.8. The number of ether oxygens (including phenoxy) is 1. The predicted octanol–water partition coefficient (Wildman–Crippen LogP) is 2.35. The van der Waals surface area contributed by atoms with Crippen molar-refractivity contribution < 1.29 is 27.8 Å². The number of rotatable bonds is 5. The fraction of sp³-hybridized carbons (Fsp3) is 0.435. The highest BCUT2D eigenvalue weighted by Crippen LogP contribution is 2.42. The van der Waals surface area contributed by atoms with Gasteiger partial charge in [-0.15, -0.1) is 0 Å². The van der Waals surface area contributed by atoms with Crippen LogP contribution in [0.2, 0.25) is 0 Å². The minimum Gasteiger partial charge on any atom is -0.484 e. The maximum atomic E-state index is 13.2. The van der Waals surface area contributed by atoms with Crippen molar-refractivity contribution in [1.29, 1.82) is 0 Å². The van der Waals surface area contributed by atoms with Crippen LogP contribution in [0.3, 0.4) is 0 Å². The van der Waals surface area contributed by atoms with Crippen LogP contribution >= 0.6 is 0 Å². The number of aliphatic hydroxyl groups excluding tert-OH is 1. The van der Waals surface area contributed by atoms with Gasteiger partial charge in [-0.3, -0.25) is 9.69 Å². The Balaban J connectivity index is 1.44. The van der Waals surface area contributed by atoms with Crippen LogP contribution in [-0.2, 0) is 6.42 Å². The molecule has 3 aromatic rings. The lowest BCUT2D eigenvalue weighted by Gasteiger charge is -2.37. The van der Waals surface area contributed by atoms with E-state index in [4.69, 9.17) is 4.74 Å². The van der Waals surface area contributed by atoms with E-state index >= 15 is 0 Å². The number of hydrogen-bond acceptors (Lipinski definition) is 7. The van der Waals surface area contributed by atoms with Gasteiger partial charge in [0.2, 0.25) is 0 Å². The Hall–Kier alpha value is -3.38. The molecule has 186 valence electrons. The van der Waals surface area contributed by atoms with Crippen LogP contribution in [0.1, 0.15) is 22.8 Å². The topological polar surface area (TPSA) is 95.2 Å². The quantitative estimate of drug-likeness (QED) is 0.567. The molecule has 2 aliphatic heterocycles. The minimum atomic E-state index is -4.25. The number of carbonyl (C=O) groups is 1. The molecular formula is C23H25F3N6O3. The van der Waals surface area contributed by atoms with Crippen LogP contribution in [0.5, 0.6) is 5.75 Å².